The van der Waals surface area contributed by atoms with E-state index in [4.69, 9.17) is 15.0 Å². The SMILES string of the molecule is CC1(C)CCC(C)(C)c2cc3c(cc21)c1ccccc1n3-c1ccc(-c2nc(-c3ccccc3)nc(-c3cccc(C4(c5ccccc5)c5ccccc5-c5ccccc54)c3)n2)cc1. The molecule has 0 fully saturated rings. The number of nitrogens with zero attached hydrogens (tertiary/aromatic N) is 4. The van der Waals surface area contributed by atoms with Gasteiger partial charge in [0.1, 0.15) is 0 Å². The van der Waals surface area contributed by atoms with Crippen LogP contribution in [0.25, 0.3) is 72.8 Å². The van der Waals surface area contributed by atoms with Gasteiger partial charge in [0.25, 0.3) is 0 Å². The van der Waals surface area contributed by atoms with Gasteiger partial charge in [0.15, 0.2) is 17.5 Å². The molecule has 64 heavy (non-hydrogen) atoms. The van der Waals surface area contributed by atoms with Crippen LogP contribution in [0.15, 0.2) is 194 Å². The minimum Gasteiger partial charge on any atom is -0.309 e. The summed E-state index contributed by atoms with van der Waals surface area (Å²) in [5.41, 5.74) is 16.5. The molecule has 0 radical (unpaired) electrons. The van der Waals surface area contributed by atoms with Gasteiger partial charge in [0, 0.05) is 33.2 Å². The van der Waals surface area contributed by atoms with Gasteiger partial charge in [0.2, 0.25) is 0 Å². The molecule has 2 heterocycles. The maximum Gasteiger partial charge on any atom is 0.164 e. The summed E-state index contributed by atoms with van der Waals surface area (Å²) in [4.78, 5) is 15.7. The largest absolute Gasteiger partial charge is 0.309 e. The van der Waals surface area contributed by atoms with Crippen LogP contribution < -0.4 is 0 Å². The van der Waals surface area contributed by atoms with Crippen LogP contribution in [0.2, 0.25) is 0 Å². The summed E-state index contributed by atoms with van der Waals surface area (Å²) < 4.78 is 2.44. The Morgan fingerprint density at radius 1 is 0.375 bits per heavy atom. The molecule has 0 saturated heterocycles. The normalized spacial score (nSPS) is 15.4. The Bertz CT molecular complexity index is 3390. The summed E-state index contributed by atoms with van der Waals surface area (Å²) in [5.74, 6) is 1.91. The van der Waals surface area contributed by atoms with Gasteiger partial charge < -0.3 is 4.57 Å². The zero-order valence-electron chi connectivity index (χ0n) is 36.7. The van der Waals surface area contributed by atoms with Gasteiger partial charge in [-0.1, -0.05) is 173 Å². The Labute approximate surface area is 375 Å². The number of benzene rings is 8. The molecular formula is C60H48N4. The predicted molar refractivity (Wildman–Crippen MR) is 263 cm³/mol. The quantitative estimate of drug-likeness (QED) is 0.168. The molecular weight excluding hydrogens is 777 g/mol. The van der Waals surface area contributed by atoms with Crippen molar-refractivity contribution in [2.45, 2.75) is 56.8 Å². The lowest BCUT2D eigenvalue weighted by Crippen LogP contribution is -2.33. The fourth-order valence-electron chi connectivity index (χ4n) is 11.0. The topological polar surface area (TPSA) is 43.6 Å². The molecule has 2 aromatic heterocycles. The monoisotopic (exact) mass is 824 g/mol. The second-order valence-corrected chi connectivity index (χ2v) is 19.0. The van der Waals surface area contributed by atoms with E-state index < -0.39 is 5.41 Å². The molecule has 4 heteroatoms. The van der Waals surface area contributed by atoms with Crippen LogP contribution in [0.5, 0.6) is 0 Å². The lowest BCUT2D eigenvalue weighted by atomic mass is 9.63. The van der Waals surface area contributed by atoms with Gasteiger partial charge in [0.05, 0.1) is 16.4 Å². The first kappa shape index (κ1) is 38.3. The Hall–Kier alpha value is -7.43. The second kappa shape index (κ2) is 14.3. The first-order valence-electron chi connectivity index (χ1n) is 22.6. The molecule has 308 valence electrons. The zero-order valence-corrected chi connectivity index (χ0v) is 36.7. The van der Waals surface area contributed by atoms with Crippen molar-refractivity contribution < 1.29 is 0 Å². The maximum absolute atomic E-state index is 5.29. The van der Waals surface area contributed by atoms with Crippen LogP contribution in [-0.2, 0) is 16.2 Å². The van der Waals surface area contributed by atoms with E-state index in [0.717, 1.165) is 22.4 Å². The van der Waals surface area contributed by atoms with Gasteiger partial charge in [-0.3, -0.25) is 0 Å². The van der Waals surface area contributed by atoms with Gasteiger partial charge in [-0.15, -0.1) is 0 Å². The van der Waals surface area contributed by atoms with Gasteiger partial charge in [-0.2, -0.15) is 0 Å². The van der Waals surface area contributed by atoms with Crippen LogP contribution in [-0.4, -0.2) is 19.5 Å². The summed E-state index contributed by atoms with van der Waals surface area (Å²) in [7, 11) is 0. The number of hydrogen-bond donors (Lipinski definition) is 0. The summed E-state index contributed by atoms with van der Waals surface area (Å²) >= 11 is 0. The van der Waals surface area contributed by atoms with Crippen molar-refractivity contribution >= 4 is 21.8 Å². The minimum atomic E-state index is -0.531. The van der Waals surface area contributed by atoms with Crippen molar-refractivity contribution in [2.75, 3.05) is 0 Å². The van der Waals surface area contributed by atoms with E-state index in [1.807, 2.05) is 18.2 Å². The molecule has 0 unspecified atom stereocenters. The van der Waals surface area contributed by atoms with Crippen LogP contribution in [0.3, 0.4) is 0 Å². The van der Waals surface area contributed by atoms with E-state index in [-0.39, 0.29) is 10.8 Å². The van der Waals surface area contributed by atoms with Gasteiger partial charge >= 0.3 is 0 Å². The smallest absolute Gasteiger partial charge is 0.164 e. The molecule has 12 rings (SSSR count). The number of aromatic nitrogens is 4. The van der Waals surface area contributed by atoms with Crippen LogP contribution >= 0.6 is 0 Å². The van der Waals surface area contributed by atoms with Crippen molar-refractivity contribution in [2.24, 2.45) is 0 Å². The van der Waals surface area contributed by atoms with Crippen LogP contribution in [0.4, 0.5) is 0 Å². The third-order valence-electron chi connectivity index (χ3n) is 14.4. The summed E-state index contributed by atoms with van der Waals surface area (Å²) in [6.07, 6.45) is 2.36. The lowest BCUT2D eigenvalue weighted by Gasteiger charge is -2.42. The fraction of sp³-hybridized carbons (Fsp3) is 0.150. The molecule has 4 nitrogen and oxygen atoms in total. The van der Waals surface area contributed by atoms with E-state index in [2.05, 4.69) is 208 Å². The number of rotatable bonds is 6. The molecule has 8 aromatic carbocycles. The van der Waals surface area contributed by atoms with E-state index in [9.17, 15) is 0 Å². The Morgan fingerprint density at radius 2 is 0.875 bits per heavy atom. The standard InChI is InChI=1S/C60H48N4/c1-58(2)34-35-59(3,4)52-38-54-48(37-51(52)58)47-26-13-16-29-53(47)64(54)44-32-30-40(31-33-44)56-61-55(39-18-7-5-8-19-39)62-57(63-56)41-20-17-23-43(36-41)60(42-21-9-6-10-22-42)49-27-14-11-24-45(49)46-25-12-15-28-50(46)60/h5-33,36-38H,34-35H2,1-4H3. The number of fused-ring (bicyclic) bond motifs is 7. The molecule has 0 saturated carbocycles. The van der Waals surface area contributed by atoms with E-state index in [1.165, 1.54) is 79.2 Å². The van der Waals surface area contributed by atoms with Crippen molar-refractivity contribution in [3.63, 3.8) is 0 Å². The second-order valence-electron chi connectivity index (χ2n) is 19.0. The lowest BCUT2D eigenvalue weighted by molar-refractivity contribution is 0.332. The molecule has 2 aliphatic rings. The van der Waals surface area contributed by atoms with E-state index in [1.54, 1.807) is 0 Å². The molecule has 0 spiro atoms. The van der Waals surface area contributed by atoms with Crippen molar-refractivity contribution in [3.05, 3.63) is 228 Å². The average molecular weight is 825 g/mol. The molecule has 0 N–H and O–H groups in total. The van der Waals surface area contributed by atoms with Crippen molar-refractivity contribution in [3.8, 4) is 51.0 Å². The summed E-state index contributed by atoms with van der Waals surface area (Å²) in [5, 5.41) is 2.58. The summed E-state index contributed by atoms with van der Waals surface area (Å²) in [6.45, 7) is 9.64. The molecule has 0 aliphatic heterocycles. The van der Waals surface area contributed by atoms with Crippen molar-refractivity contribution in [1.82, 2.24) is 19.5 Å². The van der Waals surface area contributed by atoms with E-state index in [0.29, 0.717) is 17.5 Å². The summed E-state index contributed by atoms with van der Waals surface area (Å²) in [6, 6.07) is 70.4. The van der Waals surface area contributed by atoms with Gasteiger partial charge in [-0.25, -0.2) is 15.0 Å². The fourth-order valence-corrected chi connectivity index (χ4v) is 11.0. The minimum absolute atomic E-state index is 0.102. The molecule has 2 aliphatic carbocycles. The highest BCUT2D eigenvalue weighted by atomic mass is 15.0. The zero-order chi connectivity index (χ0) is 43.2. The predicted octanol–water partition coefficient (Wildman–Crippen LogP) is 14.7. The van der Waals surface area contributed by atoms with Crippen molar-refractivity contribution in [1.29, 1.82) is 0 Å². The van der Waals surface area contributed by atoms with Crippen LogP contribution in [0.1, 0.15) is 73.9 Å². The maximum atomic E-state index is 5.29. The first-order valence-corrected chi connectivity index (χ1v) is 22.6. The highest BCUT2D eigenvalue weighted by molar-refractivity contribution is 6.10. The van der Waals surface area contributed by atoms with E-state index >= 15 is 0 Å². The molecule has 0 bridgehead atoms. The molecule has 0 amide bonds. The third kappa shape index (κ3) is 5.78. The highest BCUT2D eigenvalue weighted by Gasteiger charge is 2.46. The molecule has 10 aromatic rings. The number of hydrogen-bond acceptors (Lipinski definition) is 3. The van der Waals surface area contributed by atoms with Crippen LogP contribution in [0, 0.1) is 0 Å². The Balaban J connectivity index is 1.01. The first-order chi connectivity index (χ1) is 31.2. The third-order valence-corrected chi connectivity index (χ3v) is 14.4. The van der Waals surface area contributed by atoms with Gasteiger partial charge in [-0.05, 0) is 117 Å². The average Bonchev–Trinajstić information content (AvgIpc) is 3.84. The Morgan fingerprint density at radius 3 is 1.53 bits per heavy atom. The highest BCUT2D eigenvalue weighted by Crippen LogP contribution is 2.56. The molecule has 0 atom stereocenters. The Kier molecular flexibility index (Phi) is 8.55. The number of para-hydroxylation sites is 1.